The van der Waals surface area contributed by atoms with Gasteiger partial charge in [0, 0.05) is 38.6 Å². The monoisotopic (exact) mass is 323 g/mol. The number of nitrogens with zero attached hydrogens (tertiary/aromatic N) is 2. The van der Waals surface area contributed by atoms with Crippen LogP contribution in [0.3, 0.4) is 0 Å². The summed E-state index contributed by atoms with van der Waals surface area (Å²) in [6.07, 6.45) is 2.01. The Morgan fingerprint density at radius 3 is 2.32 bits per heavy atom. The minimum Gasteiger partial charge on any atom is -0.340 e. The first-order valence-electron chi connectivity index (χ1n) is 8.09. The summed E-state index contributed by atoms with van der Waals surface area (Å²) in [5.74, 6) is 0.641. The number of halogens is 1. The number of benzene rings is 1. The minimum absolute atomic E-state index is 0. The second kappa shape index (κ2) is 8.51. The molecule has 1 aromatic carbocycles. The summed E-state index contributed by atoms with van der Waals surface area (Å²) in [6.45, 7) is 6.73. The van der Waals surface area contributed by atoms with Crippen LogP contribution in [-0.2, 0) is 11.3 Å². The highest BCUT2D eigenvalue weighted by Crippen LogP contribution is 2.17. The van der Waals surface area contributed by atoms with Gasteiger partial charge in [0.15, 0.2) is 0 Å². The number of piperidine rings is 1. The molecule has 22 heavy (non-hydrogen) atoms. The Bertz CT molecular complexity index is 454. The lowest BCUT2D eigenvalue weighted by Gasteiger charge is -2.37. The van der Waals surface area contributed by atoms with Crippen molar-refractivity contribution in [3.8, 4) is 0 Å². The predicted molar refractivity (Wildman–Crippen MR) is 91.1 cm³/mol. The number of nitrogens with one attached hydrogen (secondary N) is 1. The molecule has 0 bridgehead atoms. The molecule has 0 unspecified atom stereocenters. The van der Waals surface area contributed by atoms with Gasteiger partial charge in [0.1, 0.15) is 0 Å². The first kappa shape index (κ1) is 17.3. The predicted octanol–water partition coefficient (Wildman–Crippen LogP) is 1.75. The molecule has 0 aliphatic carbocycles. The van der Waals surface area contributed by atoms with Gasteiger partial charge in [-0.15, -0.1) is 12.4 Å². The van der Waals surface area contributed by atoms with Crippen molar-refractivity contribution in [1.29, 1.82) is 0 Å². The van der Waals surface area contributed by atoms with Gasteiger partial charge in [0.25, 0.3) is 0 Å². The Kier molecular flexibility index (Phi) is 6.68. The van der Waals surface area contributed by atoms with Gasteiger partial charge in [-0.2, -0.15) is 0 Å². The maximum absolute atomic E-state index is 12.5. The van der Waals surface area contributed by atoms with Crippen molar-refractivity contribution in [2.24, 2.45) is 5.92 Å². The molecule has 0 spiro atoms. The van der Waals surface area contributed by atoms with Crippen molar-refractivity contribution >= 4 is 18.3 Å². The lowest BCUT2D eigenvalue weighted by atomic mass is 9.96. The van der Waals surface area contributed by atoms with Crippen LogP contribution in [0.25, 0.3) is 0 Å². The van der Waals surface area contributed by atoms with Crippen LogP contribution >= 0.6 is 12.4 Å². The van der Waals surface area contributed by atoms with E-state index < -0.39 is 0 Å². The average Bonchev–Trinajstić information content (AvgIpc) is 2.57. The van der Waals surface area contributed by atoms with E-state index in [9.17, 15) is 4.79 Å². The zero-order valence-corrected chi connectivity index (χ0v) is 13.9. The molecule has 0 radical (unpaired) electrons. The van der Waals surface area contributed by atoms with Crippen LogP contribution in [-0.4, -0.2) is 55.0 Å². The largest absolute Gasteiger partial charge is 0.340 e. The quantitative estimate of drug-likeness (QED) is 0.920. The van der Waals surface area contributed by atoms with Crippen LogP contribution in [0.1, 0.15) is 18.4 Å². The van der Waals surface area contributed by atoms with Gasteiger partial charge in [-0.1, -0.05) is 30.3 Å². The number of hydrogen-bond donors (Lipinski definition) is 1. The molecule has 0 aromatic heterocycles. The Balaban J connectivity index is 0.00000176. The Morgan fingerprint density at radius 1 is 1.05 bits per heavy atom. The van der Waals surface area contributed by atoms with Crippen molar-refractivity contribution < 1.29 is 4.79 Å². The minimum atomic E-state index is 0. The fourth-order valence-electron chi connectivity index (χ4n) is 3.30. The molecule has 5 heteroatoms. The fraction of sp³-hybridized carbons (Fsp3) is 0.588. The van der Waals surface area contributed by atoms with Crippen molar-refractivity contribution in [3.63, 3.8) is 0 Å². The van der Waals surface area contributed by atoms with Gasteiger partial charge in [0.05, 0.1) is 0 Å². The van der Waals surface area contributed by atoms with Gasteiger partial charge in [-0.3, -0.25) is 9.69 Å². The Labute approximate surface area is 139 Å². The van der Waals surface area contributed by atoms with Crippen molar-refractivity contribution in [1.82, 2.24) is 15.1 Å². The summed E-state index contributed by atoms with van der Waals surface area (Å²) in [4.78, 5) is 17.0. The molecule has 2 aliphatic heterocycles. The van der Waals surface area contributed by atoms with Gasteiger partial charge in [0.2, 0.25) is 5.91 Å². The summed E-state index contributed by atoms with van der Waals surface area (Å²) in [5.41, 5.74) is 1.36. The molecule has 2 fully saturated rings. The molecule has 0 atom stereocenters. The molecule has 0 saturated carbocycles. The van der Waals surface area contributed by atoms with Crippen LogP contribution in [0.15, 0.2) is 30.3 Å². The second-order valence-electron chi connectivity index (χ2n) is 6.11. The number of carbonyl (C=O) groups is 1. The molecule has 122 valence electrons. The van der Waals surface area contributed by atoms with E-state index in [-0.39, 0.29) is 18.3 Å². The molecule has 3 rings (SSSR count). The molecule has 2 saturated heterocycles. The normalized spacial score (nSPS) is 20.5. The first-order chi connectivity index (χ1) is 10.3. The summed E-state index contributed by atoms with van der Waals surface area (Å²) in [7, 11) is 0. The van der Waals surface area contributed by atoms with Crippen molar-refractivity contribution in [3.05, 3.63) is 35.9 Å². The molecular formula is C17H26ClN3O. The van der Waals surface area contributed by atoms with Gasteiger partial charge in [-0.05, 0) is 31.5 Å². The van der Waals surface area contributed by atoms with E-state index >= 15 is 0 Å². The SMILES string of the molecule is Cl.O=C(C1CCNCC1)N1CCN(Cc2ccccc2)CC1. The Morgan fingerprint density at radius 2 is 1.68 bits per heavy atom. The zero-order chi connectivity index (χ0) is 14.5. The Hall–Kier alpha value is -1.10. The van der Waals surface area contributed by atoms with Crippen LogP contribution in [0.2, 0.25) is 0 Å². The average molecular weight is 324 g/mol. The third-order valence-corrected chi connectivity index (χ3v) is 4.62. The number of amides is 1. The summed E-state index contributed by atoms with van der Waals surface area (Å²) < 4.78 is 0. The molecule has 1 amide bonds. The highest BCUT2D eigenvalue weighted by Gasteiger charge is 2.28. The van der Waals surface area contributed by atoms with Crippen LogP contribution < -0.4 is 5.32 Å². The van der Waals surface area contributed by atoms with E-state index in [1.807, 2.05) is 0 Å². The van der Waals surface area contributed by atoms with Crippen molar-refractivity contribution in [2.75, 3.05) is 39.3 Å². The van der Waals surface area contributed by atoms with E-state index in [1.165, 1.54) is 5.56 Å². The molecule has 4 nitrogen and oxygen atoms in total. The van der Waals surface area contributed by atoms with E-state index in [4.69, 9.17) is 0 Å². The number of hydrogen-bond acceptors (Lipinski definition) is 3. The van der Waals surface area contributed by atoms with Gasteiger partial charge >= 0.3 is 0 Å². The van der Waals surface area contributed by atoms with Crippen LogP contribution in [0, 0.1) is 5.92 Å². The number of carbonyl (C=O) groups excluding carboxylic acids is 1. The van der Waals surface area contributed by atoms with Crippen LogP contribution in [0.5, 0.6) is 0 Å². The van der Waals surface area contributed by atoms with E-state index in [2.05, 4.69) is 45.4 Å². The second-order valence-corrected chi connectivity index (χ2v) is 6.11. The molecule has 1 aromatic rings. The number of rotatable bonds is 3. The van der Waals surface area contributed by atoms with Gasteiger partial charge < -0.3 is 10.2 Å². The maximum Gasteiger partial charge on any atom is 0.225 e. The van der Waals surface area contributed by atoms with E-state index in [0.29, 0.717) is 5.91 Å². The lowest BCUT2D eigenvalue weighted by Crippen LogP contribution is -2.51. The highest BCUT2D eigenvalue weighted by atomic mass is 35.5. The lowest BCUT2D eigenvalue weighted by molar-refractivity contribution is -0.138. The highest BCUT2D eigenvalue weighted by molar-refractivity contribution is 5.85. The summed E-state index contributed by atoms with van der Waals surface area (Å²) in [6, 6.07) is 10.6. The standard InChI is InChI=1S/C17H25N3O.ClH/c21-17(16-6-8-18-9-7-16)20-12-10-19(11-13-20)14-15-4-2-1-3-5-15;/h1-5,16,18H,6-14H2;1H. The molecule has 1 N–H and O–H groups in total. The third-order valence-electron chi connectivity index (χ3n) is 4.62. The first-order valence-corrected chi connectivity index (χ1v) is 8.09. The maximum atomic E-state index is 12.5. The van der Waals surface area contributed by atoms with Crippen LogP contribution in [0.4, 0.5) is 0 Å². The van der Waals surface area contributed by atoms with Gasteiger partial charge in [-0.25, -0.2) is 0 Å². The summed E-state index contributed by atoms with van der Waals surface area (Å²) in [5, 5.41) is 3.33. The third kappa shape index (κ3) is 4.45. The number of piperazine rings is 1. The smallest absolute Gasteiger partial charge is 0.225 e. The molecule has 2 aliphatic rings. The molecular weight excluding hydrogens is 298 g/mol. The topological polar surface area (TPSA) is 35.6 Å². The fourth-order valence-corrected chi connectivity index (χ4v) is 3.30. The molecule has 2 heterocycles. The summed E-state index contributed by atoms with van der Waals surface area (Å²) >= 11 is 0. The van der Waals surface area contributed by atoms with Crippen molar-refractivity contribution in [2.45, 2.75) is 19.4 Å². The van der Waals surface area contributed by atoms with E-state index in [0.717, 1.165) is 58.7 Å². The van der Waals surface area contributed by atoms with E-state index in [1.54, 1.807) is 0 Å². The zero-order valence-electron chi connectivity index (χ0n) is 13.0.